The van der Waals surface area contributed by atoms with Crippen molar-refractivity contribution in [1.29, 1.82) is 0 Å². The Morgan fingerprint density at radius 1 is 1.18 bits per heavy atom. The molecule has 3 heterocycles. The average molecular weight is 317 g/mol. The highest BCUT2D eigenvalue weighted by Gasteiger charge is 2.20. The number of aromatic nitrogens is 1. The monoisotopic (exact) mass is 317 g/mol. The summed E-state index contributed by atoms with van der Waals surface area (Å²) < 4.78 is 0. The predicted molar refractivity (Wildman–Crippen MR) is 90.0 cm³/mol. The predicted octanol–water partition coefficient (Wildman–Crippen LogP) is 2.30. The van der Waals surface area contributed by atoms with Crippen LogP contribution in [0.3, 0.4) is 0 Å². The van der Waals surface area contributed by atoms with Crippen LogP contribution in [0.25, 0.3) is 0 Å². The van der Waals surface area contributed by atoms with Crippen molar-refractivity contribution >= 4 is 11.3 Å². The van der Waals surface area contributed by atoms with Crippen LogP contribution in [-0.2, 0) is 6.54 Å². The van der Waals surface area contributed by atoms with E-state index in [9.17, 15) is 5.11 Å². The summed E-state index contributed by atoms with van der Waals surface area (Å²) in [5.74, 6) is 0. The Morgan fingerprint density at radius 2 is 1.95 bits per heavy atom. The molecule has 0 saturated carbocycles. The molecule has 1 saturated heterocycles. The maximum atomic E-state index is 10.2. The van der Waals surface area contributed by atoms with Crippen molar-refractivity contribution in [1.82, 2.24) is 14.8 Å². The number of pyridine rings is 1. The molecule has 1 fully saturated rings. The van der Waals surface area contributed by atoms with Crippen LogP contribution in [-0.4, -0.2) is 52.6 Å². The lowest BCUT2D eigenvalue weighted by Gasteiger charge is -2.35. The van der Waals surface area contributed by atoms with Crippen LogP contribution in [0.15, 0.2) is 35.8 Å². The fourth-order valence-electron chi connectivity index (χ4n) is 2.84. The summed E-state index contributed by atoms with van der Waals surface area (Å²) in [5, 5.41) is 12.3. The second kappa shape index (κ2) is 7.33. The van der Waals surface area contributed by atoms with Gasteiger partial charge in [-0.25, -0.2) is 0 Å². The van der Waals surface area contributed by atoms with Crippen LogP contribution < -0.4 is 0 Å². The van der Waals surface area contributed by atoms with E-state index in [-0.39, 0.29) is 6.10 Å². The van der Waals surface area contributed by atoms with Crippen LogP contribution in [0.4, 0.5) is 0 Å². The average Bonchev–Trinajstić information content (AvgIpc) is 3.06. The van der Waals surface area contributed by atoms with Gasteiger partial charge in [0.05, 0.1) is 5.69 Å². The SMILES string of the molecule is Cc1cccnc1CN1CCN(CC(O)c2cccs2)CC1. The van der Waals surface area contributed by atoms with E-state index in [0.29, 0.717) is 0 Å². The Balaban J connectivity index is 1.47. The van der Waals surface area contributed by atoms with Crippen molar-refractivity contribution in [2.75, 3.05) is 32.7 Å². The van der Waals surface area contributed by atoms with Gasteiger partial charge in [-0.1, -0.05) is 12.1 Å². The zero-order valence-electron chi connectivity index (χ0n) is 13.0. The van der Waals surface area contributed by atoms with Gasteiger partial charge in [0.15, 0.2) is 0 Å². The first-order chi connectivity index (χ1) is 10.7. The highest BCUT2D eigenvalue weighted by Crippen LogP contribution is 2.20. The van der Waals surface area contributed by atoms with Gasteiger partial charge in [0, 0.05) is 50.3 Å². The summed E-state index contributed by atoms with van der Waals surface area (Å²) in [4.78, 5) is 10.3. The topological polar surface area (TPSA) is 39.6 Å². The van der Waals surface area contributed by atoms with Gasteiger partial charge >= 0.3 is 0 Å². The number of aliphatic hydroxyl groups excluding tert-OH is 1. The highest BCUT2D eigenvalue weighted by atomic mass is 32.1. The third-order valence-corrected chi connectivity index (χ3v) is 5.23. The van der Waals surface area contributed by atoms with E-state index in [2.05, 4.69) is 27.8 Å². The molecule has 22 heavy (non-hydrogen) atoms. The number of β-amino-alcohol motifs (C(OH)–C–C–N with tert-alkyl or cyclic N) is 1. The van der Waals surface area contributed by atoms with Gasteiger partial charge in [-0.3, -0.25) is 14.8 Å². The molecule has 0 amide bonds. The van der Waals surface area contributed by atoms with Crippen molar-refractivity contribution in [3.05, 3.63) is 52.0 Å². The van der Waals surface area contributed by atoms with Gasteiger partial charge in [0.25, 0.3) is 0 Å². The minimum Gasteiger partial charge on any atom is -0.386 e. The number of thiophene rings is 1. The Kier molecular flexibility index (Phi) is 5.20. The molecule has 1 atom stereocenters. The first-order valence-electron chi connectivity index (χ1n) is 7.79. The van der Waals surface area contributed by atoms with Crippen LogP contribution in [0.1, 0.15) is 22.2 Å². The first kappa shape index (κ1) is 15.6. The smallest absolute Gasteiger partial charge is 0.101 e. The molecule has 2 aromatic rings. The molecule has 1 aliphatic heterocycles. The van der Waals surface area contributed by atoms with Crippen molar-refractivity contribution < 1.29 is 5.11 Å². The molecule has 0 radical (unpaired) electrons. The number of hydrogen-bond acceptors (Lipinski definition) is 5. The summed E-state index contributed by atoms with van der Waals surface area (Å²) in [6, 6.07) is 8.12. The van der Waals surface area contributed by atoms with Crippen LogP contribution >= 0.6 is 11.3 Å². The zero-order chi connectivity index (χ0) is 15.4. The van der Waals surface area contributed by atoms with Gasteiger partial charge in [0.1, 0.15) is 6.10 Å². The zero-order valence-corrected chi connectivity index (χ0v) is 13.8. The number of piperazine rings is 1. The van der Waals surface area contributed by atoms with Crippen molar-refractivity contribution in [2.24, 2.45) is 0 Å². The maximum absolute atomic E-state index is 10.2. The number of aliphatic hydroxyl groups is 1. The van der Waals surface area contributed by atoms with E-state index in [0.717, 1.165) is 44.1 Å². The molecule has 1 unspecified atom stereocenters. The molecule has 118 valence electrons. The molecule has 3 rings (SSSR count). The molecular weight excluding hydrogens is 294 g/mol. The molecule has 0 bridgehead atoms. The Labute approximate surface area is 136 Å². The molecule has 1 aliphatic rings. The number of nitrogens with zero attached hydrogens (tertiary/aromatic N) is 3. The largest absolute Gasteiger partial charge is 0.386 e. The summed E-state index contributed by atoms with van der Waals surface area (Å²) in [7, 11) is 0. The molecular formula is C17H23N3OS. The van der Waals surface area contributed by atoms with Crippen LogP contribution in [0.5, 0.6) is 0 Å². The molecule has 0 aliphatic carbocycles. The fraction of sp³-hybridized carbons (Fsp3) is 0.471. The van der Waals surface area contributed by atoms with E-state index >= 15 is 0 Å². The second-order valence-electron chi connectivity index (χ2n) is 5.87. The van der Waals surface area contributed by atoms with Crippen molar-refractivity contribution in [3.8, 4) is 0 Å². The standard InChI is InChI=1S/C17H23N3OS/c1-14-4-2-6-18-15(14)12-19-7-9-20(10-8-19)13-16(21)17-5-3-11-22-17/h2-6,11,16,21H,7-10,12-13H2,1H3. The lowest BCUT2D eigenvalue weighted by molar-refractivity contribution is 0.0711. The summed E-state index contributed by atoms with van der Waals surface area (Å²) in [6.45, 7) is 7.86. The number of aryl methyl sites for hydroxylation is 1. The van der Waals surface area contributed by atoms with E-state index in [1.165, 1.54) is 11.3 Å². The third kappa shape index (κ3) is 3.93. The maximum Gasteiger partial charge on any atom is 0.101 e. The van der Waals surface area contributed by atoms with Gasteiger partial charge < -0.3 is 5.11 Å². The minimum atomic E-state index is -0.357. The quantitative estimate of drug-likeness (QED) is 0.918. The molecule has 0 spiro atoms. The first-order valence-corrected chi connectivity index (χ1v) is 8.67. The van der Waals surface area contributed by atoms with E-state index in [1.54, 1.807) is 11.3 Å². The number of hydrogen-bond donors (Lipinski definition) is 1. The normalized spacial score (nSPS) is 18.5. The summed E-state index contributed by atoms with van der Waals surface area (Å²) >= 11 is 1.63. The third-order valence-electron chi connectivity index (χ3n) is 4.26. The van der Waals surface area contributed by atoms with Crippen molar-refractivity contribution in [3.63, 3.8) is 0 Å². The van der Waals surface area contributed by atoms with E-state index in [4.69, 9.17) is 0 Å². The lowest BCUT2D eigenvalue weighted by Crippen LogP contribution is -2.47. The Morgan fingerprint density at radius 3 is 2.64 bits per heavy atom. The highest BCUT2D eigenvalue weighted by molar-refractivity contribution is 7.10. The van der Waals surface area contributed by atoms with E-state index in [1.807, 2.05) is 29.8 Å². The Bertz CT molecular complexity index is 579. The molecule has 1 N–H and O–H groups in total. The number of rotatable bonds is 5. The van der Waals surface area contributed by atoms with Gasteiger partial charge in [-0.05, 0) is 30.0 Å². The summed E-state index contributed by atoms with van der Waals surface area (Å²) in [5.41, 5.74) is 2.44. The van der Waals surface area contributed by atoms with Gasteiger partial charge in [-0.15, -0.1) is 11.3 Å². The molecule has 0 aromatic carbocycles. The second-order valence-corrected chi connectivity index (χ2v) is 6.85. The van der Waals surface area contributed by atoms with Crippen LogP contribution in [0, 0.1) is 6.92 Å². The summed E-state index contributed by atoms with van der Waals surface area (Å²) in [6.07, 6.45) is 1.51. The molecule has 4 nitrogen and oxygen atoms in total. The van der Waals surface area contributed by atoms with Gasteiger partial charge in [-0.2, -0.15) is 0 Å². The Hall–Kier alpha value is -1.27. The fourth-order valence-corrected chi connectivity index (χ4v) is 3.54. The van der Waals surface area contributed by atoms with Crippen molar-refractivity contribution in [2.45, 2.75) is 19.6 Å². The molecule has 5 heteroatoms. The van der Waals surface area contributed by atoms with E-state index < -0.39 is 0 Å². The van der Waals surface area contributed by atoms with Crippen LogP contribution in [0.2, 0.25) is 0 Å². The lowest BCUT2D eigenvalue weighted by atomic mass is 10.2. The van der Waals surface area contributed by atoms with Gasteiger partial charge in [0.2, 0.25) is 0 Å². The molecule has 2 aromatic heterocycles. The minimum absolute atomic E-state index is 0.357.